The Labute approximate surface area is 794 Å². The van der Waals surface area contributed by atoms with Crippen molar-refractivity contribution in [2.75, 3.05) is 0 Å². The zero-order chi connectivity index (χ0) is 90.6. The van der Waals surface area contributed by atoms with Gasteiger partial charge in [0, 0.05) is 104 Å². The van der Waals surface area contributed by atoms with E-state index in [4.69, 9.17) is 15.0 Å². The number of hydrogen-bond donors (Lipinski definition) is 0. The Bertz CT molecular complexity index is 9340. The Kier molecular flexibility index (Phi) is 17.9. The van der Waals surface area contributed by atoms with Crippen molar-refractivity contribution in [2.45, 2.75) is 0 Å². The molecule has 7 heterocycles. The molecule has 0 radical (unpaired) electrons. The van der Waals surface area contributed by atoms with E-state index in [1.165, 1.54) is 54.1 Å². The number of hydrogen-bond acceptors (Lipinski definition) is 3. The van der Waals surface area contributed by atoms with Crippen LogP contribution in [0.4, 0.5) is 0 Å². The minimum Gasteiger partial charge on any atom is -0.309 e. The van der Waals surface area contributed by atoms with Gasteiger partial charge in [0.05, 0.1) is 66.2 Å². The molecule has 0 saturated carbocycles. The molecular formula is C129H81N9. The number of para-hydroxylation sites is 8. The fraction of sp³-hybridized carbons (Fsp3) is 0. The van der Waals surface area contributed by atoms with Crippen LogP contribution in [0.15, 0.2) is 491 Å². The summed E-state index contributed by atoms with van der Waals surface area (Å²) in [5.41, 5.74) is 36.0. The van der Waals surface area contributed by atoms with Gasteiger partial charge in [-0.05, 0) is 284 Å². The number of nitrogens with zero attached hydrogens (tertiary/aromatic N) is 9. The summed E-state index contributed by atoms with van der Waals surface area (Å²) < 4.78 is 14.3. The molecule has 0 atom stereocenters. The van der Waals surface area contributed by atoms with E-state index in [0.29, 0.717) is 17.6 Å². The third kappa shape index (κ3) is 12.7. The Morgan fingerprint density at radius 3 is 0.609 bits per heavy atom. The van der Waals surface area contributed by atoms with Crippen LogP contribution in [0, 0.1) is 0 Å². The highest BCUT2D eigenvalue weighted by molar-refractivity contribution is 6.18. The molecule has 28 rings (SSSR count). The van der Waals surface area contributed by atoms with Crippen LogP contribution >= 0.6 is 0 Å². The highest BCUT2D eigenvalue weighted by Gasteiger charge is 2.26. The summed E-state index contributed by atoms with van der Waals surface area (Å²) >= 11 is 0. The molecule has 0 aliphatic rings. The van der Waals surface area contributed by atoms with Crippen molar-refractivity contribution in [3.05, 3.63) is 491 Å². The number of aromatic nitrogens is 9. The van der Waals surface area contributed by atoms with Crippen molar-refractivity contribution in [2.24, 2.45) is 0 Å². The van der Waals surface area contributed by atoms with Gasteiger partial charge in [-0.1, -0.05) is 285 Å². The van der Waals surface area contributed by atoms with Gasteiger partial charge in [-0.3, -0.25) is 4.57 Å². The molecule has 9 nitrogen and oxygen atoms in total. The van der Waals surface area contributed by atoms with Crippen LogP contribution in [0.2, 0.25) is 0 Å². The van der Waals surface area contributed by atoms with E-state index in [-0.39, 0.29) is 0 Å². The number of benzene rings is 21. The summed E-state index contributed by atoms with van der Waals surface area (Å²) in [5.74, 6) is 1.53. The topological polar surface area (TPSA) is 68.2 Å². The highest BCUT2D eigenvalue weighted by atomic mass is 15.2. The van der Waals surface area contributed by atoms with Crippen molar-refractivity contribution >= 4 is 131 Å². The van der Waals surface area contributed by atoms with E-state index in [2.05, 4.69) is 519 Å². The lowest BCUT2D eigenvalue weighted by atomic mass is 9.93. The average molecular weight is 1760 g/mol. The van der Waals surface area contributed by atoms with Gasteiger partial charge in [0.2, 0.25) is 5.95 Å². The van der Waals surface area contributed by atoms with E-state index in [1.807, 2.05) is 0 Å². The molecule has 21 aromatic carbocycles. The molecule has 642 valence electrons. The van der Waals surface area contributed by atoms with Gasteiger partial charge >= 0.3 is 0 Å². The molecular weight excluding hydrogens is 1680 g/mol. The van der Waals surface area contributed by atoms with E-state index >= 15 is 0 Å². The fourth-order valence-corrected chi connectivity index (χ4v) is 22.0. The van der Waals surface area contributed by atoms with E-state index < -0.39 is 0 Å². The maximum Gasteiger partial charge on any atom is 0.238 e. The molecule has 138 heavy (non-hydrogen) atoms. The maximum atomic E-state index is 5.86. The SMILES string of the molecule is c1ccc(-c2cc(-c3ccccc3)cc(-c3cccc(-c4nc(-c5cccc(-n6c7ccc(-c8ccc9c(c8)c8ccccc8n9-c8ccccc8)cc7c7cc(-c8ccc9c(c8)c8ccccc8n9-c8ccccc8)ccc76)c5)nc(-n5c6ccc(-c7ccc8c(c7)c7ccccc7n8-c7ccccc7)cc6c6cc(-c7ccc8c(c7)c7ccccc7n8-c7ccccc7)ccc65)n4)c3)c2)cc1. The first-order chi connectivity index (χ1) is 68.4. The fourth-order valence-electron chi connectivity index (χ4n) is 22.0. The molecule has 7 aromatic heterocycles. The summed E-state index contributed by atoms with van der Waals surface area (Å²) in [6.45, 7) is 0. The molecule has 0 aliphatic heterocycles. The Hall–Kier alpha value is -18.6. The third-order valence-corrected chi connectivity index (χ3v) is 28.4. The van der Waals surface area contributed by atoms with Crippen molar-refractivity contribution in [1.82, 2.24) is 42.4 Å². The molecule has 0 aliphatic carbocycles. The molecule has 0 unspecified atom stereocenters. The van der Waals surface area contributed by atoms with Crippen molar-refractivity contribution in [1.29, 1.82) is 0 Å². The Balaban J connectivity index is 0.651. The number of rotatable bonds is 15. The van der Waals surface area contributed by atoms with Gasteiger partial charge in [-0.25, -0.2) is 4.98 Å². The molecule has 0 saturated heterocycles. The van der Waals surface area contributed by atoms with Crippen molar-refractivity contribution < 1.29 is 0 Å². The lowest BCUT2D eigenvalue weighted by Crippen LogP contribution is -2.06. The van der Waals surface area contributed by atoms with Crippen LogP contribution in [0.5, 0.6) is 0 Å². The minimum absolute atomic E-state index is 0.483. The van der Waals surface area contributed by atoms with Crippen molar-refractivity contribution in [3.8, 4) is 135 Å². The van der Waals surface area contributed by atoms with Gasteiger partial charge in [0.25, 0.3) is 0 Å². The molecule has 0 bridgehead atoms. The average Bonchev–Trinajstić information content (AvgIpc) is 1.57. The van der Waals surface area contributed by atoms with E-state index in [9.17, 15) is 0 Å². The summed E-state index contributed by atoms with van der Waals surface area (Å²) in [7, 11) is 0. The van der Waals surface area contributed by atoms with Crippen LogP contribution in [-0.4, -0.2) is 42.4 Å². The second kappa shape index (κ2) is 31.6. The summed E-state index contributed by atoms with van der Waals surface area (Å²) in [4.78, 5) is 17.4. The molecule has 0 N–H and O–H groups in total. The quantitative estimate of drug-likeness (QED) is 0.103. The normalized spacial score (nSPS) is 11.9. The minimum atomic E-state index is 0.483. The maximum absolute atomic E-state index is 5.86. The molecule has 28 aromatic rings. The van der Waals surface area contributed by atoms with Crippen LogP contribution < -0.4 is 0 Å². The van der Waals surface area contributed by atoms with Gasteiger partial charge in [-0.15, -0.1) is 0 Å². The first kappa shape index (κ1) is 78.1. The van der Waals surface area contributed by atoms with Crippen LogP contribution in [0.25, 0.3) is 266 Å². The summed E-state index contributed by atoms with van der Waals surface area (Å²) in [5, 5.41) is 14.0. The molecule has 9 heteroatoms. The van der Waals surface area contributed by atoms with Crippen LogP contribution in [0.3, 0.4) is 0 Å². The molecule has 0 fully saturated rings. The predicted molar refractivity (Wildman–Crippen MR) is 575 cm³/mol. The molecule has 0 spiro atoms. The lowest BCUT2D eigenvalue weighted by molar-refractivity contribution is 0.953. The summed E-state index contributed by atoms with van der Waals surface area (Å²) in [6.07, 6.45) is 0. The zero-order valence-electron chi connectivity index (χ0n) is 74.8. The third-order valence-electron chi connectivity index (χ3n) is 28.4. The van der Waals surface area contributed by atoms with Crippen molar-refractivity contribution in [3.63, 3.8) is 0 Å². The first-order valence-electron chi connectivity index (χ1n) is 47.2. The van der Waals surface area contributed by atoms with Gasteiger partial charge in [0.1, 0.15) is 0 Å². The number of fused-ring (bicyclic) bond motifs is 18. The second-order valence-electron chi connectivity index (χ2n) is 36.2. The molecule has 0 amide bonds. The lowest BCUT2D eigenvalue weighted by Gasteiger charge is -2.14. The monoisotopic (exact) mass is 1760 g/mol. The zero-order valence-corrected chi connectivity index (χ0v) is 74.8. The Morgan fingerprint density at radius 2 is 0.304 bits per heavy atom. The van der Waals surface area contributed by atoms with Crippen LogP contribution in [-0.2, 0) is 0 Å². The van der Waals surface area contributed by atoms with Gasteiger partial charge in [0.15, 0.2) is 11.6 Å². The summed E-state index contributed by atoms with van der Waals surface area (Å²) in [6, 6.07) is 180. The highest BCUT2D eigenvalue weighted by Crippen LogP contribution is 2.47. The second-order valence-corrected chi connectivity index (χ2v) is 36.2. The van der Waals surface area contributed by atoms with E-state index in [0.717, 1.165) is 194 Å². The predicted octanol–water partition coefficient (Wildman–Crippen LogP) is 33.5. The van der Waals surface area contributed by atoms with Gasteiger partial charge in [-0.2, -0.15) is 9.97 Å². The Morgan fingerprint density at radius 1 is 0.109 bits per heavy atom. The smallest absolute Gasteiger partial charge is 0.238 e. The standard InChI is InChI=1S/C129H81N9/c1-7-29-82(30-8-1)95-70-96(83-31-9-2-10-32-83)72-97(71-95)84-33-27-34-93(69-84)127-130-128(132-129(131-127)138-125-67-59-91(87-55-63-121-109(76-87)105-47-21-25-51-117(105)135(121)100-40-15-5-16-41-100)80-113(125)114-81-92(60-68-126(114)138)88-56-64-122-110(77-88)106-48-22-26-52-118(106)136(122)101-42-17-6-18-43-101)94-35-28-44-102(73-94)137-123-65-57-89(85-53-61-119-107(74-85)103-45-19-23-49-115(103)133(119)98-36-11-3-12-37-98)78-111(123)112-79-90(58-66-124(112)137)86-54-62-120-108(75-86)104-46-20-24-50-116(104)134(120)99-38-13-4-14-39-99/h1-81H. The van der Waals surface area contributed by atoms with Crippen LogP contribution in [0.1, 0.15) is 0 Å². The first-order valence-corrected chi connectivity index (χ1v) is 47.2. The largest absolute Gasteiger partial charge is 0.309 e. The van der Waals surface area contributed by atoms with Gasteiger partial charge < -0.3 is 22.8 Å². The van der Waals surface area contributed by atoms with E-state index in [1.54, 1.807) is 0 Å².